The number of nitrogen functional groups attached to an aromatic ring is 1. The highest BCUT2D eigenvalue weighted by molar-refractivity contribution is 7.17. The molecule has 4 nitrogen and oxygen atoms in total. The summed E-state index contributed by atoms with van der Waals surface area (Å²) >= 11 is 1.52. The van der Waals surface area contributed by atoms with Gasteiger partial charge in [-0.2, -0.15) is 5.26 Å². The predicted octanol–water partition coefficient (Wildman–Crippen LogP) is 7.68. The fourth-order valence-electron chi connectivity index (χ4n) is 2.58. The van der Waals surface area contributed by atoms with E-state index in [1.165, 1.54) is 11.3 Å². The van der Waals surface area contributed by atoms with E-state index in [4.69, 9.17) is 10.5 Å². The predicted molar refractivity (Wildman–Crippen MR) is 133 cm³/mol. The number of ether oxygens (including phenoxy) is 1. The quantitative estimate of drug-likeness (QED) is 0.376. The van der Waals surface area contributed by atoms with Gasteiger partial charge in [-0.1, -0.05) is 43.4 Å². The van der Waals surface area contributed by atoms with E-state index in [9.17, 15) is 5.26 Å². The number of nitrogens with zero attached hydrogens (tertiary/aromatic N) is 1. The van der Waals surface area contributed by atoms with E-state index in [1.807, 2.05) is 86.7 Å². The van der Waals surface area contributed by atoms with Crippen molar-refractivity contribution in [1.29, 1.82) is 5.26 Å². The van der Waals surface area contributed by atoms with E-state index >= 15 is 0 Å². The molecule has 0 aliphatic carbocycles. The van der Waals surface area contributed by atoms with Gasteiger partial charge in [-0.05, 0) is 62.6 Å². The molecular formula is C26H29N3OS. The van der Waals surface area contributed by atoms with E-state index in [0.717, 1.165) is 33.5 Å². The monoisotopic (exact) mass is 431 g/mol. The SMILES string of the molecule is C/C=C\C.C=CC(C)Cc1sc(Nc2ccc(Oc3ccccc3)cc2)c(C#N)c1N. The topological polar surface area (TPSA) is 71.1 Å². The number of thiophene rings is 1. The van der Waals surface area contributed by atoms with Crippen molar-refractivity contribution in [3.63, 3.8) is 0 Å². The van der Waals surface area contributed by atoms with Crippen LogP contribution in [0, 0.1) is 17.2 Å². The Morgan fingerprint density at radius 3 is 2.26 bits per heavy atom. The second kappa shape index (κ2) is 12.3. The maximum absolute atomic E-state index is 9.49. The van der Waals surface area contributed by atoms with E-state index in [1.54, 1.807) is 0 Å². The second-order valence-corrected chi connectivity index (χ2v) is 8.01. The van der Waals surface area contributed by atoms with Gasteiger partial charge in [-0.25, -0.2) is 0 Å². The van der Waals surface area contributed by atoms with Gasteiger partial charge < -0.3 is 15.8 Å². The van der Waals surface area contributed by atoms with Crippen molar-refractivity contribution in [3.8, 4) is 17.6 Å². The summed E-state index contributed by atoms with van der Waals surface area (Å²) in [6, 6.07) is 19.5. The van der Waals surface area contributed by atoms with Crippen LogP contribution in [0.2, 0.25) is 0 Å². The van der Waals surface area contributed by atoms with Crippen LogP contribution in [0.5, 0.6) is 11.5 Å². The number of anilines is 3. The van der Waals surface area contributed by atoms with Gasteiger partial charge in [0.1, 0.15) is 28.1 Å². The number of para-hydroxylation sites is 1. The van der Waals surface area contributed by atoms with Crippen LogP contribution in [0.25, 0.3) is 0 Å². The number of benzene rings is 2. The number of nitrogens with two attached hydrogens (primary N) is 1. The number of hydrogen-bond acceptors (Lipinski definition) is 5. The highest BCUT2D eigenvalue weighted by Gasteiger charge is 2.17. The molecule has 0 radical (unpaired) electrons. The molecule has 5 heteroatoms. The Hall–Kier alpha value is -3.49. The molecular weight excluding hydrogens is 402 g/mol. The zero-order chi connectivity index (χ0) is 22.6. The van der Waals surface area contributed by atoms with Crippen molar-refractivity contribution in [2.24, 2.45) is 5.92 Å². The number of nitriles is 1. The van der Waals surface area contributed by atoms with E-state index in [0.29, 0.717) is 17.2 Å². The Balaban J connectivity index is 0.000000785. The van der Waals surface area contributed by atoms with E-state index in [-0.39, 0.29) is 0 Å². The van der Waals surface area contributed by atoms with Crippen LogP contribution in [0.1, 0.15) is 31.2 Å². The number of hydrogen-bond donors (Lipinski definition) is 2. The molecule has 1 aromatic heterocycles. The third-order valence-electron chi connectivity index (χ3n) is 4.47. The summed E-state index contributed by atoms with van der Waals surface area (Å²) in [6.07, 6.45) is 6.67. The lowest BCUT2D eigenvalue weighted by atomic mass is 10.1. The molecule has 3 N–H and O–H groups in total. The van der Waals surface area contributed by atoms with Gasteiger partial charge >= 0.3 is 0 Å². The van der Waals surface area contributed by atoms with Crippen molar-refractivity contribution in [1.82, 2.24) is 0 Å². The van der Waals surface area contributed by atoms with Crippen molar-refractivity contribution < 1.29 is 4.74 Å². The lowest BCUT2D eigenvalue weighted by molar-refractivity contribution is 0.483. The van der Waals surface area contributed by atoms with Crippen molar-refractivity contribution in [2.45, 2.75) is 27.2 Å². The zero-order valence-corrected chi connectivity index (χ0v) is 19.1. The van der Waals surface area contributed by atoms with Crippen molar-refractivity contribution >= 4 is 27.7 Å². The summed E-state index contributed by atoms with van der Waals surface area (Å²) in [5.74, 6) is 1.84. The van der Waals surface area contributed by atoms with Gasteiger partial charge in [-0.3, -0.25) is 0 Å². The van der Waals surface area contributed by atoms with Gasteiger partial charge in [-0.15, -0.1) is 17.9 Å². The molecule has 160 valence electrons. The third-order valence-corrected chi connectivity index (χ3v) is 5.61. The molecule has 1 heterocycles. The Morgan fingerprint density at radius 1 is 1.10 bits per heavy atom. The lowest BCUT2D eigenvalue weighted by Crippen LogP contribution is -1.97. The maximum Gasteiger partial charge on any atom is 0.127 e. The van der Waals surface area contributed by atoms with Gasteiger partial charge in [0.25, 0.3) is 0 Å². The molecule has 0 saturated heterocycles. The normalized spacial score (nSPS) is 11.2. The minimum Gasteiger partial charge on any atom is -0.457 e. The minimum atomic E-state index is 0.305. The van der Waals surface area contributed by atoms with Crippen LogP contribution in [0.4, 0.5) is 16.4 Å². The molecule has 0 spiro atoms. The first-order valence-electron chi connectivity index (χ1n) is 10.1. The molecule has 0 bridgehead atoms. The van der Waals surface area contributed by atoms with Gasteiger partial charge in [0.05, 0.1) is 5.69 Å². The summed E-state index contributed by atoms with van der Waals surface area (Å²) in [7, 11) is 0. The number of nitrogens with one attached hydrogen (secondary N) is 1. The molecule has 0 aliphatic rings. The lowest BCUT2D eigenvalue weighted by Gasteiger charge is -2.08. The van der Waals surface area contributed by atoms with Crippen LogP contribution in [-0.2, 0) is 6.42 Å². The van der Waals surface area contributed by atoms with Crippen LogP contribution < -0.4 is 15.8 Å². The first-order chi connectivity index (χ1) is 15.0. The zero-order valence-electron chi connectivity index (χ0n) is 18.3. The third kappa shape index (κ3) is 7.06. The average Bonchev–Trinajstić information content (AvgIpc) is 3.09. The Kier molecular flexibility index (Phi) is 9.41. The van der Waals surface area contributed by atoms with Crippen LogP contribution in [0.3, 0.4) is 0 Å². The number of rotatable bonds is 7. The summed E-state index contributed by atoms with van der Waals surface area (Å²) in [6.45, 7) is 9.89. The highest BCUT2D eigenvalue weighted by atomic mass is 32.1. The first-order valence-corrected chi connectivity index (χ1v) is 10.9. The van der Waals surface area contributed by atoms with Crippen molar-refractivity contribution in [2.75, 3.05) is 11.1 Å². The Bertz CT molecular complexity index is 1030. The molecule has 0 aliphatic heterocycles. The molecule has 2 aromatic carbocycles. The standard InChI is InChI=1S/C22H21N3OS.C4H8/c1-3-15(2)13-20-21(24)19(14-23)22(27-20)25-16-9-11-18(12-10-16)26-17-7-5-4-6-8-17;1-3-4-2/h3-12,15,25H,1,13,24H2,2H3;3-4H,1-2H3/b;4-3-. The molecule has 3 rings (SSSR count). The first kappa shape index (κ1) is 23.8. The molecule has 1 unspecified atom stereocenters. The van der Waals surface area contributed by atoms with Gasteiger partial charge in [0, 0.05) is 10.6 Å². The largest absolute Gasteiger partial charge is 0.457 e. The minimum absolute atomic E-state index is 0.305. The summed E-state index contributed by atoms with van der Waals surface area (Å²) in [5, 5.41) is 13.6. The molecule has 31 heavy (non-hydrogen) atoms. The summed E-state index contributed by atoms with van der Waals surface area (Å²) < 4.78 is 5.80. The maximum atomic E-state index is 9.49. The molecule has 0 fully saturated rings. The van der Waals surface area contributed by atoms with Crippen LogP contribution in [0.15, 0.2) is 79.4 Å². The van der Waals surface area contributed by atoms with Crippen molar-refractivity contribution in [3.05, 3.63) is 89.8 Å². The second-order valence-electron chi connectivity index (χ2n) is 6.90. The Labute approximate surface area is 189 Å². The summed E-state index contributed by atoms with van der Waals surface area (Å²) in [4.78, 5) is 1.01. The van der Waals surface area contributed by atoms with E-state index in [2.05, 4.69) is 24.9 Å². The average molecular weight is 432 g/mol. The molecule has 3 aromatic rings. The molecule has 0 saturated carbocycles. The van der Waals surface area contributed by atoms with Gasteiger partial charge in [0.2, 0.25) is 0 Å². The Morgan fingerprint density at radius 2 is 1.71 bits per heavy atom. The fraction of sp³-hybridized carbons (Fsp3) is 0.192. The van der Waals surface area contributed by atoms with E-state index < -0.39 is 0 Å². The molecule has 1 atom stereocenters. The molecule has 0 amide bonds. The van der Waals surface area contributed by atoms with Crippen LogP contribution in [-0.4, -0.2) is 0 Å². The van der Waals surface area contributed by atoms with Gasteiger partial charge in [0.15, 0.2) is 0 Å². The number of allylic oxidation sites excluding steroid dienone is 3. The highest BCUT2D eigenvalue weighted by Crippen LogP contribution is 2.38. The smallest absolute Gasteiger partial charge is 0.127 e. The fourth-order valence-corrected chi connectivity index (χ4v) is 3.81. The summed E-state index contributed by atoms with van der Waals surface area (Å²) in [5.41, 5.74) is 8.10. The van der Waals surface area contributed by atoms with Crippen LogP contribution >= 0.6 is 11.3 Å².